The number of benzene rings is 1. The van der Waals surface area contributed by atoms with Gasteiger partial charge in [0.1, 0.15) is 5.75 Å². The van der Waals surface area contributed by atoms with Gasteiger partial charge in [-0.15, -0.1) is 0 Å². The molecule has 2 unspecified atom stereocenters. The summed E-state index contributed by atoms with van der Waals surface area (Å²) in [6.45, 7) is 3.98. The standard InChI is InChI=1S/C14H21NO2/c1-3-15-14(13-5-4-10-17-13)11-6-8-12(16-2)9-7-11/h6-9,13-15H,3-5,10H2,1-2H3. The van der Waals surface area contributed by atoms with Gasteiger partial charge >= 0.3 is 0 Å². The highest BCUT2D eigenvalue weighted by atomic mass is 16.5. The number of likely N-dealkylation sites (N-methyl/N-ethyl adjacent to an activating group) is 1. The molecule has 3 nitrogen and oxygen atoms in total. The van der Waals surface area contributed by atoms with Crippen molar-refractivity contribution >= 4 is 0 Å². The van der Waals surface area contributed by atoms with Crippen LogP contribution in [0, 0.1) is 0 Å². The Balaban J connectivity index is 2.12. The van der Waals surface area contributed by atoms with Crippen molar-refractivity contribution in [3.8, 4) is 5.75 Å². The first-order valence-electron chi connectivity index (χ1n) is 6.34. The summed E-state index contributed by atoms with van der Waals surface area (Å²) < 4.78 is 11.0. The Morgan fingerprint density at radius 2 is 2.18 bits per heavy atom. The molecule has 1 heterocycles. The summed E-state index contributed by atoms with van der Waals surface area (Å²) in [7, 11) is 1.69. The molecule has 2 rings (SSSR count). The first kappa shape index (κ1) is 12.4. The third kappa shape index (κ3) is 2.99. The minimum absolute atomic E-state index is 0.299. The predicted octanol–water partition coefficient (Wildman–Crippen LogP) is 2.52. The molecular formula is C14H21NO2. The predicted molar refractivity (Wildman–Crippen MR) is 68.4 cm³/mol. The normalized spacial score (nSPS) is 21.4. The Kier molecular flexibility index (Phi) is 4.40. The largest absolute Gasteiger partial charge is 0.497 e. The molecule has 3 heteroatoms. The molecule has 1 N–H and O–H groups in total. The lowest BCUT2D eigenvalue weighted by molar-refractivity contribution is 0.0788. The minimum Gasteiger partial charge on any atom is -0.497 e. The summed E-state index contributed by atoms with van der Waals surface area (Å²) in [6, 6.07) is 8.55. The van der Waals surface area contributed by atoms with E-state index in [0.29, 0.717) is 12.1 Å². The monoisotopic (exact) mass is 235 g/mol. The van der Waals surface area contributed by atoms with E-state index in [1.807, 2.05) is 12.1 Å². The second-order valence-electron chi connectivity index (χ2n) is 4.36. The van der Waals surface area contributed by atoms with E-state index in [-0.39, 0.29) is 0 Å². The van der Waals surface area contributed by atoms with Crippen molar-refractivity contribution in [2.75, 3.05) is 20.3 Å². The van der Waals surface area contributed by atoms with Gasteiger partial charge in [-0.1, -0.05) is 19.1 Å². The number of methoxy groups -OCH3 is 1. The highest BCUT2D eigenvalue weighted by Gasteiger charge is 2.26. The second-order valence-corrected chi connectivity index (χ2v) is 4.36. The van der Waals surface area contributed by atoms with Gasteiger partial charge < -0.3 is 14.8 Å². The molecule has 0 saturated carbocycles. The van der Waals surface area contributed by atoms with Crippen LogP contribution in [-0.2, 0) is 4.74 Å². The van der Waals surface area contributed by atoms with Crippen molar-refractivity contribution < 1.29 is 9.47 Å². The van der Waals surface area contributed by atoms with Crippen molar-refractivity contribution in [1.82, 2.24) is 5.32 Å². The van der Waals surface area contributed by atoms with Crippen molar-refractivity contribution in [2.24, 2.45) is 0 Å². The lowest BCUT2D eigenvalue weighted by atomic mass is 9.99. The Morgan fingerprint density at radius 3 is 2.71 bits per heavy atom. The summed E-state index contributed by atoms with van der Waals surface area (Å²) in [4.78, 5) is 0. The topological polar surface area (TPSA) is 30.5 Å². The van der Waals surface area contributed by atoms with E-state index < -0.39 is 0 Å². The van der Waals surface area contributed by atoms with Crippen LogP contribution in [-0.4, -0.2) is 26.4 Å². The zero-order chi connectivity index (χ0) is 12.1. The smallest absolute Gasteiger partial charge is 0.118 e. The van der Waals surface area contributed by atoms with E-state index in [2.05, 4.69) is 24.4 Å². The van der Waals surface area contributed by atoms with Crippen molar-refractivity contribution in [2.45, 2.75) is 31.9 Å². The fraction of sp³-hybridized carbons (Fsp3) is 0.571. The molecule has 0 amide bonds. The molecular weight excluding hydrogens is 214 g/mol. The van der Waals surface area contributed by atoms with Gasteiger partial charge in [-0.3, -0.25) is 0 Å². The van der Waals surface area contributed by atoms with Crippen LogP contribution in [0.3, 0.4) is 0 Å². The van der Waals surface area contributed by atoms with Crippen LogP contribution in [0.15, 0.2) is 24.3 Å². The molecule has 1 aliphatic rings. The summed E-state index contributed by atoms with van der Waals surface area (Å²) in [5.74, 6) is 0.899. The van der Waals surface area contributed by atoms with Crippen LogP contribution in [0.2, 0.25) is 0 Å². The fourth-order valence-electron chi connectivity index (χ4n) is 2.36. The van der Waals surface area contributed by atoms with E-state index in [9.17, 15) is 0 Å². The molecule has 1 fully saturated rings. The molecule has 17 heavy (non-hydrogen) atoms. The summed E-state index contributed by atoms with van der Waals surface area (Å²) in [6.07, 6.45) is 2.62. The van der Waals surface area contributed by atoms with Crippen LogP contribution >= 0.6 is 0 Å². The molecule has 2 atom stereocenters. The average Bonchev–Trinajstić information content (AvgIpc) is 2.90. The third-order valence-corrected chi connectivity index (χ3v) is 3.24. The second kappa shape index (κ2) is 6.03. The van der Waals surface area contributed by atoms with Crippen molar-refractivity contribution in [1.29, 1.82) is 0 Å². The van der Waals surface area contributed by atoms with Crippen molar-refractivity contribution in [3.05, 3.63) is 29.8 Å². The van der Waals surface area contributed by atoms with Crippen LogP contribution in [0.5, 0.6) is 5.75 Å². The van der Waals surface area contributed by atoms with Crippen LogP contribution < -0.4 is 10.1 Å². The van der Waals surface area contributed by atoms with Gasteiger partial charge in [-0.2, -0.15) is 0 Å². The highest BCUT2D eigenvalue weighted by molar-refractivity contribution is 5.29. The molecule has 1 aromatic carbocycles. The van der Waals surface area contributed by atoms with E-state index in [1.165, 1.54) is 12.0 Å². The molecule has 0 bridgehead atoms. The number of hydrogen-bond acceptors (Lipinski definition) is 3. The van der Waals surface area contributed by atoms with E-state index in [4.69, 9.17) is 9.47 Å². The summed E-state index contributed by atoms with van der Waals surface area (Å²) in [5.41, 5.74) is 1.28. The maximum Gasteiger partial charge on any atom is 0.118 e. The Hall–Kier alpha value is -1.06. The number of ether oxygens (including phenoxy) is 2. The Bertz CT molecular complexity index is 331. The molecule has 0 spiro atoms. The first-order valence-corrected chi connectivity index (χ1v) is 6.34. The van der Waals surface area contributed by atoms with Gasteiger partial charge in [-0.25, -0.2) is 0 Å². The summed E-state index contributed by atoms with van der Waals surface area (Å²) in [5, 5.41) is 3.51. The maximum atomic E-state index is 5.78. The van der Waals surface area contributed by atoms with Gasteiger partial charge in [0.05, 0.1) is 19.3 Å². The average molecular weight is 235 g/mol. The molecule has 0 aliphatic carbocycles. The van der Waals surface area contributed by atoms with Gasteiger partial charge in [0.2, 0.25) is 0 Å². The number of hydrogen-bond donors (Lipinski definition) is 1. The summed E-state index contributed by atoms with van der Waals surface area (Å²) >= 11 is 0. The molecule has 0 aromatic heterocycles. The maximum absolute atomic E-state index is 5.78. The fourth-order valence-corrected chi connectivity index (χ4v) is 2.36. The van der Waals surface area contributed by atoms with E-state index in [0.717, 1.165) is 25.3 Å². The molecule has 1 aromatic rings. The highest BCUT2D eigenvalue weighted by Crippen LogP contribution is 2.27. The van der Waals surface area contributed by atoms with E-state index in [1.54, 1.807) is 7.11 Å². The van der Waals surface area contributed by atoms with E-state index >= 15 is 0 Å². The molecule has 1 aliphatic heterocycles. The molecule has 0 radical (unpaired) electrons. The zero-order valence-electron chi connectivity index (χ0n) is 10.6. The van der Waals surface area contributed by atoms with Gasteiger partial charge in [0.15, 0.2) is 0 Å². The molecule has 94 valence electrons. The SMILES string of the molecule is CCNC(c1ccc(OC)cc1)C1CCCO1. The molecule has 1 saturated heterocycles. The third-order valence-electron chi connectivity index (χ3n) is 3.24. The first-order chi connectivity index (χ1) is 8.35. The number of rotatable bonds is 5. The Morgan fingerprint density at radius 1 is 1.41 bits per heavy atom. The zero-order valence-corrected chi connectivity index (χ0v) is 10.6. The van der Waals surface area contributed by atoms with Gasteiger partial charge in [0.25, 0.3) is 0 Å². The lowest BCUT2D eigenvalue weighted by Gasteiger charge is -2.24. The van der Waals surface area contributed by atoms with Gasteiger partial charge in [0, 0.05) is 6.61 Å². The minimum atomic E-state index is 0.299. The van der Waals surface area contributed by atoms with Crippen LogP contribution in [0.1, 0.15) is 31.4 Å². The lowest BCUT2D eigenvalue weighted by Crippen LogP contribution is -2.31. The number of nitrogens with one attached hydrogen (secondary N) is 1. The van der Waals surface area contributed by atoms with Crippen molar-refractivity contribution in [3.63, 3.8) is 0 Å². The van der Waals surface area contributed by atoms with Gasteiger partial charge in [-0.05, 0) is 37.1 Å². The Labute approximate surface area is 103 Å². The van der Waals surface area contributed by atoms with Crippen LogP contribution in [0.4, 0.5) is 0 Å². The van der Waals surface area contributed by atoms with Crippen LogP contribution in [0.25, 0.3) is 0 Å². The quantitative estimate of drug-likeness (QED) is 0.850.